The summed E-state index contributed by atoms with van der Waals surface area (Å²) < 4.78 is 1.36. The molecule has 0 heterocycles. The van der Waals surface area contributed by atoms with Gasteiger partial charge in [-0.1, -0.05) is 43.4 Å². The summed E-state index contributed by atoms with van der Waals surface area (Å²) in [4.78, 5) is 0. The molecule has 0 aliphatic heterocycles. The maximum absolute atomic E-state index is 2.45. The fraction of sp³-hybridized carbons (Fsp3) is 0.176. The quantitative estimate of drug-likeness (QED) is 0.587. The Morgan fingerprint density at radius 2 is 2.06 bits per heavy atom. The van der Waals surface area contributed by atoms with Crippen molar-refractivity contribution in [3.63, 3.8) is 0 Å². The van der Waals surface area contributed by atoms with Crippen molar-refractivity contribution in [2.75, 3.05) is 0 Å². The maximum atomic E-state index is 2.45. The summed E-state index contributed by atoms with van der Waals surface area (Å²) in [5, 5.41) is 2.91. The Kier molecular flexibility index (Phi) is 2.22. The van der Waals surface area contributed by atoms with Crippen molar-refractivity contribution >= 4 is 45.0 Å². The smallest absolute Gasteiger partial charge is 0.0209 e. The SMILES string of the molecule is CC1C=Cc2ccc3c(I)ccc4c3c2C1=CC4. The van der Waals surface area contributed by atoms with Crippen molar-refractivity contribution in [3.05, 3.63) is 56.7 Å². The van der Waals surface area contributed by atoms with Crippen molar-refractivity contribution in [2.24, 2.45) is 5.92 Å². The van der Waals surface area contributed by atoms with Crippen LogP contribution in [0.2, 0.25) is 0 Å². The third-order valence-electron chi connectivity index (χ3n) is 4.13. The number of allylic oxidation sites excluding steroid dienone is 3. The minimum Gasteiger partial charge on any atom is -0.0767 e. The van der Waals surface area contributed by atoms with Crippen molar-refractivity contribution in [1.29, 1.82) is 0 Å². The molecule has 4 rings (SSSR count). The van der Waals surface area contributed by atoms with Crippen LogP contribution in [0.1, 0.15) is 23.6 Å². The Hall–Kier alpha value is -1.09. The Bertz CT molecular complexity index is 735. The Labute approximate surface area is 121 Å². The molecule has 1 heteroatoms. The number of rotatable bonds is 0. The van der Waals surface area contributed by atoms with Crippen LogP contribution in [0.15, 0.2) is 36.4 Å². The van der Waals surface area contributed by atoms with E-state index in [0.717, 1.165) is 6.42 Å². The molecule has 0 spiro atoms. The van der Waals surface area contributed by atoms with Gasteiger partial charge in [-0.05, 0) is 74.0 Å². The van der Waals surface area contributed by atoms with Gasteiger partial charge in [0.2, 0.25) is 0 Å². The van der Waals surface area contributed by atoms with Crippen LogP contribution in [-0.4, -0.2) is 0 Å². The molecule has 0 bridgehead atoms. The van der Waals surface area contributed by atoms with Gasteiger partial charge >= 0.3 is 0 Å². The second-order valence-corrected chi connectivity index (χ2v) is 6.33. The Morgan fingerprint density at radius 1 is 1.17 bits per heavy atom. The average Bonchev–Trinajstić information content (AvgIpc) is 2.40. The molecule has 18 heavy (non-hydrogen) atoms. The molecule has 1 unspecified atom stereocenters. The summed E-state index contributed by atoms with van der Waals surface area (Å²) in [6.45, 7) is 2.29. The van der Waals surface area contributed by atoms with Crippen LogP contribution >= 0.6 is 22.6 Å². The first kappa shape index (κ1) is 10.8. The molecule has 0 fully saturated rings. The predicted octanol–water partition coefficient (Wildman–Crippen LogP) is 5.05. The first-order chi connectivity index (χ1) is 8.75. The molecule has 0 N–H and O–H groups in total. The average molecular weight is 344 g/mol. The van der Waals surface area contributed by atoms with E-state index in [1.54, 1.807) is 0 Å². The van der Waals surface area contributed by atoms with E-state index < -0.39 is 0 Å². The van der Waals surface area contributed by atoms with Gasteiger partial charge in [-0.15, -0.1) is 0 Å². The van der Waals surface area contributed by atoms with E-state index in [1.807, 2.05) is 0 Å². The van der Waals surface area contributed by atoms with Gasteiger partial charge in [0, 0.05) is 3.57 Å². The molecule has 0 saturated heterocycles. The van der Waals surface area contributed by atoms with Crippen LogP contribution < -0.4 is 0 Å². The standard InChI is InChI=1S/C17H13I/c1-10-2-3-11-5-8-14-15(18)9-6-12-4-7-13(10)16(11)17(12)14/h2-3,5-10H,4H2,1H3. The molecule has 0 aromatic heterocycles. The van der Waals surface area contributed by atoms with Gasteiger partial charge < -0.3 is 0 Å². The van der Waals surface area contributed by atoms with E-state index in [9.17, 15) is 0 Å². The van der Waals surface area contributed by atoms with Crippen LogP contribution in [0.5, 0.6) is 0 Å². The molecule has 2 aromatic carbocycles. The number of hydrogen-bond acceptors (Lipinski definition) is 0. The minimum absolute atomic E-state index is 0.550. The highest BCUT2D eigenvalue weighted by molar-refractivity contribution is 14.1. The van der Waals surface area contributed by atoms with Gasteiger partial charge in [-0.2, -0.15) is 0 Å². The molecule has 2 aromatic rings. The van der Waals surface area contributed by atoms with Gasteiger partial charge in [-0.25, -0.2) is 0 Å². The third kappa shape index (κ3) is 1.31. The van der Waals surface area contributed by atoms with E-state index >= 15 is 0 Å². The fourth-order valence-electron chi connectivity index (χ4n) is 3.21. The summed E-state index contributed by atoms with van der Waals surface area (Å²) in [6.07, 6.45) is 8.10. The number of benzene rings is 2. The van der Waals surface area contributed by atoms with Crippen molar-refractivity contribution in [3.8, 4) is 0 Å². The molecule has 0 amide bonds. The second-order valence-electron chi connectivity index (χ2n) is 5.17. The maximum Gasteiger partial charge on any atom is 0.0209 e. The van der Waals surface area contributed by atoms with E-state index in [1.165, 1.54) is 36.6 Å². The van der Waals surface area contributed by atoms with Gasteiger partial charge in [0.05, 0.1) is 0 Å². The number of halogens is 1. The van der Waals surface area contributed by atoms with Gasteiger partial charge in [0.25, 0.3) is 0 Å². The summed E-state index contributed by atoms with van der Waals surface area (Å²) in [5.74, 6) is 0.550. The van der Waals surface area contributed by atoms with Crippen LogP contribution in [-0.2, 0) is 6.42 Å². The largest absolute Gasteiger partial charge is 0.0767 e. The third-order valence-corrected chi connectivity index (χ3v) is 5.07. The summed E-state index contributed by atoms with van der Waals surface area (Å²) >= 11 is 2.45. The molecule has 2 aliphatic carbocycles. The van der Waals surface area contributed by atoms with E-state index in [4.69, 9.17) is 0 Å². The topological polar surface area (TPSA) is 0 Å². The first-order valence-electron chi connectivity index (χ1n) is 6.38. The molecule has 0 nitrogen and oxygen atoms in total. The zero-order chi connectivity index (χ0) is 12.3. The van der Waals surface area contributed by atoms with Crippen molar-refractivity contribution in [2.45, 2.75) is 13.3 Å². The Morgan fingerprint density at radius 3 is 2.94 bits per heavy atom. The second kappa shape index (κ2) is 3.70. The van der Waals surface area contributed by atoms with E-state index in [-0.39, 0.29) is 0 Å². The number of hydrogen-bond donors (Lipinski definition) is 0. The van der Waals surface area contributed by atoms with Crippen LogP contribution in [0.25, 0.3) is 22.4 Å². The lowest BCUT2D eigenvalue weighted by Crippen LogP contribution is -2.09. The summed E-state index contributed by atoms with van der Waals surface area (Å²) in [7, 11) is 0. The fourth-order valence-corrected chi connectivity index (χ4v) is 3.83. The van der Waals surface area contributed by atoms with Crippen molar-refractivity contribution < 1.29 is 0 Å². The molecule has 0 saturated carbocycles. The molecule has 0 radical (unpaired) electrons. The molecule has 1 atom stereocenters. The van der Waals surface area contributed by atoms with Gasteiger partial charge in [-0.3, -0.25) is 0 Å². The zero-order valence-corrected chi connectivity index (χ0v) is 12.4. The van der Waals surface area contributed by atoms with Gasteiger partial charge in [0.1, 0.15) is 0 Å². The van der Waals surface area contributed by atoms with Crippen molar-refractivity contribution in [1.82, 2.24) is 0 Å². The lowest BCUT2D eigenvalue weighted by atomic mass is 9.77. The van der Waals surface area contributed by atoms with Crippen LogP contribution in [0, 0.1) is 9.49 Å². The van der Waals surface area contributed by atoms with Crippen LogP contribution in [0.3, 0.4) is 0 Å². The van der Waals surface area contributed by atoms with Crippen LogP contribution in [0.4, 0.5) is 0 Å². The highest BCUT2D eigenvalue weighted by atomic mass is 127. The lowest BCUT2D eigenvalue weighted by molar-refractivity contribution is 0.951. The van der Waals surface area contributed by atoms with E-state index in [2.05, 4.69) is 72.0 Å². The Balaban J connectivity index is 2.23. The highest BCUT2D eigenvalue weighted by Crippen LogP contribution is 2.43. The zero-order valence-electron chi connectivity index (χ0n) is 10.2. The molecular weight excluding hydrogens is 331 g/mol. The molecular formula is C17H13I. The lowest BCUT2D eigenvalue weighted by Gasteiger charge is -2.27. The van der Waals surface area contributed by atoms with Gasteiger partial charge in [0.15, 0.2) is 0 Å². The normalized spacial score (nSPS) is 20.1. The summed E-state index contributed by atoms with van der Waals surface area (Å²) in [5.41, 5.74) is 5.87. The minimum atomic E-state index is 0.550. The highest BCUT2D eigenvalue weighted by Gasteiger charge is 2.23. The predicted molar refractivity (Wildman–Crippen MR) is 86.5 cm³/mol. The molecule has 2 aliphatic rings. The summed E-state index contributed by atoms with van der Waals surface area (Å²) in [6, 6.07) is 9.08. The monoisotopic (exact) mass is 344 g/mol. The van der Waals surface area contributed by atoms with E-state index in [0.29, 0.717) is 5.92 Å². The first-order valence-corrected chi connectivity index (χ1v) is 7.46. The molecule has 88 valence electrons.